The number of hydrogen-bond acceptors (Lipinski definition) is 7. The zero-order valence-electron chi connectivity index (χ0n) is 8.95. The summed E-state index contributed by atoms with van der Waals surface area (Å²) in [6.07, 6.45) is 1.38. The molecular formula is C9H10N2O4S2. The second-order valence-corrected chi connectivity index (χ2v) is 6.45. The molecule has 0 saturated carbocycles. The van der Waals surface area contributed by atoms with Gasteiger partial charge in [-0.25, -0.2) is 13.4 Å². The molecule has 92 valence electrons. The molecule has 0 aromatic carbocycles. The molecule has 0 amide bonds. The van der Waals surface area contributed by atoms with E-state index in [0.29, 0.717) is 17.0 Å². The van der Waals surface area contributed by atoms with Gasteiger partial charge in [0.1, 0.15) is 5.76 Å². The predicted molar refractivity (Wildman–Crippen MR) is 60.2 cm³/mol. The van der Waals surface area contributed by atoms with Crippen molar-refractivity contribution in [2.75, 3.05) is 0 Å². The van der Waals surface area contributed by atoms with Gasteiger partial charge in [0.2, 0.25) is 14.2 Å². The number of aliphatic hydroxyl groups excluding tert-OH is 1. The molecule has 8 heteroatoms. The highest BCUT2D eigenvalue weighted by molar-refractivity contribution is 7.92. The average molecular weight is 274 g/mol. The van der Waals surface area contributed by atoms with E-state index >= 15 is 0 Å². The van der Waals surface area contributed by atoms with E-state index in [2.05, 4.69) is 10.1 Å². The molecule has 0 atom stereocenters. The van der Waals surface area contributed by atoms with Gasteiger partial charge in [0.15, 0.2) is 0 Å². The van der Waals surface area contributed by atoms with Crippen LogP contribution in [0.2, 0.25) is 0 Å². The molecule has 0 radical (unpaired) electrons. The second-order valence-electron chi connectivity index (χ2n) is 3.43. The van der Waals surface area contributed by atoms with Crippen LogP contribution in [0.15, 0.2) is 20.4 Å². The van der Waals surface area contributed by atoms with Crippen molar-refractivity contribution < 1.29 is 18.0 Å². The topological polar surface area (TPSA) is 93.3 Å². The SMILES string of the molecule is Cc1oncc1CS(=O)(=O)c1nc(CO)cs1. The van der Waals surface area contributed by atoms with Crippen LogP contribution in [0.4, 0.5) is 0 Å². The smallest absolute Gasteiger partial charge is 0.209 e. The summed E-state index contributed by atoms with van der Waals surface area (Å²) < 4.78 is 28.8. The third kappa shape index (κ3) is 2.54. The van der Waals surface area contributed by atoms with E-state index in [1.807, 2.05) is 0 Å². The largest absolute Gasteiger partial charge is 0.390 e. The number of hydrogen-bond donors (Lipinski definition) is 1. The summed E-state index contributed by atoms with van der Waals surface area (Å²) in [4.78, 5) is 3.84. The Morgan fingerprint density at radius 3 is 2.82 bits per heavy atom. The lowest BCUT2D eigenvalue weighted by molar-refractivity contribution is 0.277. The van der Waals surface area contributed by atoms with Gasteiger partial charge in [-0.2, -0.15) is 0 Å². The average Bonchev–Trinajstić information content (AvgIpc) is 2.88. The van der Waals surface area contributed by atoms with Crippen LogP contribution in [-0.4, -0.2) is 23.7 Å². The number of aliphatic hydroxyl groups is 1. The Morgan fingerprint density at radius 1 is 1.53 bits per heavy atom. The van der Waals surface area contributed by atoms with Crippen LogP contribution in [0, 0.1) is 6.92 Å². The molecular weight excluding hydrogens is 264 g/mol. The second kappa shape index (κ2) is 4.55. The molecule has 2 heterocycles. The van der Waals surface area contributed by atoms with Crippen molar-refractivity contribution in [2.45, 2.75) is 23.6 Å². The lowest BCUT2D eigenvalue weighted by atomic mass is 10.3. The summed E-state index contributed by atoms with van der Waals surface area (Å²) >= 11 is 0.999. The normalized spacial score (nSPS) is 11.9. The van der Waals surface area contributed by atoms with Gasteiger partial charge in [0, 0.05) is 10.9 Å². The molecule has 0 fully saturated rings. The highest BCUT2D eigenvalue weighted by atomic mass is 32.2. The maximum Gasteiger partial charge on any atom is 0.209 e. The lowest BCUT2D eigenvalue weighted by Crippen LogP contribution is -2.05. The molecule has 0 aliphatic carbocycles. The van der Waals surface area contributed by atoms with Crippen molar-refractivity contribution in [3.05, 3.63) is 28.6 Å². The first kappa shape index (κ1) is 12.2. The summed E-state index contributed by atoms with van der Waals surface area (Å²) in [5, 5.41) is 13.9. The van der Waals surface area contributed by atoms with E-state index in [1.165, 1.54) is 11.6 Å². The van der Waals surface area contributed by atoms with Crippen LogP contribution < -0.4 is 0 Å². The monoisotopic (exact) mass is 274 g/mol. The zero-order valence-corrected chi connectivity index (χ0v) is 10.6. The van der Waals surface area contributed by atoms with Gasteiger partial charge in [0.25, 0.3) is 0 Å². The standard InChI is InChI=1S/C9H10N2O4S2/c1-6-7(2-10-15-6)5-17(13,14)9-11-8(3-12)4-16-9/h2,4,12H,3,5H2,1H3. The molecule has 0 bridgehead atoms. The van der Waals surface area contributed by atoms with E-state index in [0.717, 1.165) is 11.3 Å². The van der Waals surface area contributed by atoms with Crippen molar-refractivity contribution in [3.63, 3.8) is 0 Å². The number of aromatic nitrogens is 2. The predicted octanol–water partition coefficient (Wildman–Crippen LogP) is 0.906. The van der Waals surface area contributed by atoms with Crippen molar-refractivity contribution in [1.29, 1.82) is 0 Å². The molecule has 0 aliphatic heterocycles. The maximum atomic E-state index is 12.0. The van der Waals surface area contributed by atoms with Gasteiger partial charge in [-0.1, -0.05) is 5.16 Å². The zero-order chi connectivity index (χ0) is 12.5. The molecule has 1 N–H and O–H groups in total. The number of rotatable bonds is 4. The fourth-order valence-electron chi connectivity index (χ4n) is 1.23. The molecule has 2 aromatic heterocycles. The van der Waals surface area contributed by atoms with Gasteiger partial charge in [0.05, 0.1) is 24.3 Å². The summed E-state index contributed by atoms with van der Waals surface area (Å²) in [5.74, 6) is 0.285. The minimum absolute atomic E-state index is 0.00199. The molecule has 0 saturated heterocycles. The summed E-state index contributed by atoms with van der Waals surface area (Å²) in [7, 11) is -3.50. The Morgan fingerprint density at radius 2 is 2.29 bits per heavy atom. The Kier molecular flexibility index (Phi) is 3.27. The first-order valence-corrected chi connectivity index (χ1v) is 7.24. The molecule has 17 heavy (non-hydrogen) atoms. The summed E-state index contributed by atoms with van der Waals surface area (Å²) in [6, 6.07) is 0. The van der Waals surface area contributed by atoms with E-state index in [-0.39, 0.29) is 16.7 Å². The van der Waals surface area contributed by atoms with Crippen LogP contribution in [0.3, 0.4) is 0 Å². The van der Waals surface area contributed by atoms with Gasteiger partial charge in [-0.15, -0.1) is 11.3 Å². The van der Waals surface area contributed by atoms with Gasteiger partial charge >= 0.3 is 0 Å². The van der Waals surface area contributed by atoms with Crippen molar-refractivity contribution in [1.82, 2.24) is 10.1 Å². The van der Waals surface area contributed by atoms with Gasteiger partial charge in [-0.05, 0) is 6.92 Å². The van der Waals surface area contributed by atoms with Crippen molar-refractivity contribution >= 4 is 21.2 Å². The fraction of sp³-hybridized carbons (Fsp3) is 0.333. The van der Waals surface area contributed by atoms with Crippen LogP contribution in [0.1, 0.15) is 17.0 Å². The summed E-state index contributed by atoms with van der Waals surface area (Å²) in [6.45, 7) is 1.39. The Balaban J connectivity index is 2.28. The highest BCUT2D eigenvalue weighted by Gasteiger charge is 2.21. The van der Waals surface area contributed by atoms with E-state index < -0.39 is 9.84 Å². The highest BCUT2D eigenvalue weighted by Crippen LogP contribution is 2.21. The lowest BCUT2D eigenvalue weighted by Gasteiger charge is -1.98. The van der Waals surface area contributed by atoms with E-state index in [9.17, 15) is 8.42 Å². The third-order valence-corrected chi connectivity index (χ3v) is 5.20. The first-order valence-electron chi connectivity index (χ1n) is 4.71. The molecule has 0 spiro atoms. The number of nitrogens with zero attached hydrogens (tertiary/aromatic N) is 2. The van der Waals surface area contributed by atoms with Gasteiger partial charge < -0.3 is 9.63 Å². The molecule has 2 rings (SSSR count). The fourth-order valence-corrected chi connectivity index (χ4v) is 3.74. The van der Waals surface area contributed by atoms with E-state index in [4.69, 9.17) is 9.63 Å². The Hall–Kier alpha value is -1.25. The Labute approximate surface area is 102 Å². The molecule has 0 aliphatic rings. The Bertz CT molecular complexity index is 614. The minimum atomic E-state index is -3.50. The number of aryl methyl sites for hydroxylation is 1. The first-order chi connectivity index (χ1) is 8.03. The number of thiazole rings is 1. The molecule has 0 unspecified atom stereocenters. The third-order valence-electron chi connectivity index (χ3n) is 2.15. The van der Waals surface area contributed by atoms with Gasteiger partial charge in [-0.3, -0.25) is 0 Å². The summed E-state index contributed by atoms with van der Waals surface area (Å²) in [5.41, 5.74) is 0.876. The minimum Gasteiger partial charge on any atom is -0.390 e. The molecule has 2 aromatic rings. The van der Waals surface area contributed by atoms with Crippen LogP contribution in [0.25, 0.3) is 0 Å². The van der Waals surface area contributed by atoms with Crippen LogP contribution in [0.5, 0.6) is 0 Å². The number of sulfone groups is 1. The van der Waals surface area contributed by atoms with Crippen LogP contribution >= 0.6 is 11.3 Å². The maximum absolute atomic E-state index is 12.0. The quantitative estimate of drug-likeness (QED) is 0.890. The van der Waals surface area contributed by atoms with E-state index in [1.54, 1.807) is 6.92 Å². The van der Waals surface area contributed by atoms with Crippen LogP contribution in [-0.2, 0) is 22.2 Å². The van der Waals surface area contributed by atoms with Crippen molar-refractivity contribution in [2.24, 2.45) is 0 Å². The molecule has 6 nitrogen and oxygen atoms in total. The van der Waals surface area contributed by atoms with Crippen molar-refractivity contribution in [3.8, 4) is 0 Å².